The Morgan fingerprint density at radius 3 is 2.47 bits per heavy atom. The lowest BCUT2D eigenvalue weighted by atomic mass is 10.1. The van der Waals surface area contributed by atoms with E-state index in [9.17, 15) is 13.2 Å². The maximum atomic E-state index is 13.7. The summed E-state index contributed by atoms with van der Waals surface area (Å²) >= 11 is 18.5. The fraction of sp³-hybridized carbons (Fsp3) is 0.192. The summed E-state index contributed by atoms with van der Waals surface area (Å²) in [6.45, 7) is 1.80. The third-order valence-corrected chi connectivity index (χ3v) is 8.28. The van der Waals surface area contributed by atoms with E-state index in [-0.39, 0.29) is 24.3 Å². The average Bonchev–Trinajstić information content (AvgIpc) is 2.81. The van der Waals surface area contributed by atoms with Crippen molar-refractivity contribution < 1.29 is 23.1 Å². The fourth-order valence-electron chi connectivity index (χ4n) is 3.89. The normalized spacial score (nSPS) is 15.6. The molecule has 0 bridgehead atoms. The lowest BCUT2D eigenvalue weighted by Crippen LogP contribution is -2.43. The van der Waals surface area contributed by atoms with Gasteiger partial charge < -0.3 is 9.84 Å². The van der Waals surface area contributed by atoms with Crippen LogP contribution in [0.2, 0.25) is 15.1 Å². The number of hydrogen-bond acceptors (Lipinski definition) is 4. The van der Waals surface area contributed by atoms with Gasteiger partial charge in [0, 0.05) is 17.0 Å². The molecule has 3 aromatic carbocycles. The summed E-state index contributed by atoms with van der Waals surface area (Å²) in [5.74, 6) is -0.620. The summed E-state index contributed by atoms with van der Waals surface area (Å²) in [6.07, 6.45) is 2.91. The molecule has 0 fully saturated rings. The highest BCUT2D eigenvalue weighted by Gasteiger charge is 2.35. The van der Waals surface area contributed by atoms with Gasteiger partial charge >= 0.3 is 5.97 Å². The molecule has 36 heavy (non-hydrogen) atoms. The van der Waals surface area contributed by atoms with Gasteiger partial charge in [0.15, 0.2) is 0 Å². The second-order valence-electron chi connectivity index (χ2n) is 8.37. The smallest absolute Gasteiger partial charge is 0.303 e. The van der Waals surface area contributed by atoms with Gasteiger partial charge in [-0.3, -0.25) is 9.10 Å². The lowest BCUT2D eigenvalue weighted by Gasteiger charge is -2.35. The number of carboxylic acids is 1. The van der Waals surface area contributed by atoms with Crippen LogP contribution in [0, 0.1) is 6.92 Å². The summed E-state index contributed by atoms with van der Waals surface area (Å²) in [6, 6.07) is 15.0. The molecule has 1 atom stereocenters. The zero-order valence-corrected chi connectivity index (χ0v) is 22.2. The predicted molar refractivity (Wildman–Crippen MR) is 144 cm³/mol. The topological polar surface area (TPSA) is 83.9 Å². The Kier molecular flexibility index (Phi) is 7.85. The highest BCUT2D eigenvalue weighted by Crippen LogP contribution is 2.39. The van der Waals surface area contributed by atoms with E-state index in [0.717, 1.165) is 5.56 Å². The first kappa shape index (κ1) is 26.4. The van der Waals surface area contributed by atoms with Crippen LogP contribution >= 0.6 is 34.8 Å². The maximum absolute atomic E-state index is 13.7. The third kappa shape index (κ3) is 5.81. The van der Waals surface area contributed by atoms with Gasteiger partial charge in [-0.1, -0.05) is 65.2 Å². The van der Waals surface area contributed by atoms with Gasteiger partial charge in [0.2, 0.25) is 0 Å². The van der Waals surface area contributed by atoms with Crippen LogP contribution < -0.4 is 9.04 Å². The van der Waals surface area contributed by atoms with Crippen LogP contribution in [0.4, 0.5) is 5.69 Å². The van der Waals surface area contributed by atoms with Crippen LogP contribution in [-0.2, 0) is 14.8 Å². The minimum Gasteiger partial charge on any atom is -0.486 e. The van der Waals surface area contributed by atoms with Crippen LogP contribution in [0.25, 0.3) is 12.2 Å². The molecule has 0 saturated heterocycles. The van der Waals surface area contributed by atoms with Crippen LogP contribution in [0.3, 0.4) is 0 Å². The molecule has 10 heteroatoms. The minimum atomic E-state index is -3.95. The standard InChI is InChI=1S/C26H22Cl3NO5S/c1-16-3-2-4-20(11-16)36(33,34)30-15-19(7-10-26(31)32)35-25-9-6-17(12-24(25)30)5-8-21-22(28)13-18(27)14-23(21)29/h2-6,8-9,11-14,19H,7,10,15H2,1H3,(H,31,32)/b8-5+/t19-/m0/s1. The van der Waals surface area contributed by atoms with E-state index in [1.54, 1.807) is 54.6 Å². The first-order chi connectivity index (χ1) is 17.0. The number of anilines is 1. The predicted octanol–water partition coefficient (Wildman–Crippen LogP) is 6.95. The van der Waals surface area contributed by atoms with Crippen LogP contribution in [-0.4, -0.2) is 32.1 Å². The molecule has 1 aliphatic rings. The van der Waals surface area contributed by atoms with Crippen molar-refractivity contribution in [2.24, 2.45) is 0 Å². The van der Waals surface area contributed by atoms with Gasteiger partial charge in [-0.25, -0.2) is 8.42 Å². The van der Waals surface area contributed by atoms with Crippen molar-refractivity contribution in [2.75, 3.05) is 10.8 Å². The SMILES string of the molecule is Cc1cccc(S(=O)(=O)N2C[C@H](CCC(=O)O)Oc3ccc(/C=C/c4c(Cl)cc(Cl)cc4Cl)cc32)c1. The number of rotatable bonds is 7. The molecule has 0 aromatic heterocycles. The molecule has 4 rings (SSSR count). The highest BCUT2D eigenvalue weighted by molar-refractivity contribution is 7.92. The van der Waals surface area contributed by atoms with E-state index in [1.807, 2.05) is 13.0 Å². The molecule has 3 aromatic rings. The summed E-state index contributed by atoms with van der Waals surface area (Å²) in [7, 11) is -3.95. The van der Waals surface area contributed by atoms with Gasteiger partial charge in [0.1, 0.15) is 11.9 Å². The Bertz CT molecular complexity index is 1430. The van der Waals surface area contributed by atoms with E-state index in [1.165, 1.54) is 10.4 Å². The van der Waals surface area contributed by atoms with E-state index >= 15 is 0 Å². The molecular weight excluding hydrogens is 545 g/mol. The van der Waals surface area contributed by atoms with Gasteiger partial charge in [-0.2, -0.15) is 0 Å². The van der Waals surface area contributed by atoms with Crippen molar-refractivity contribution >= 4 is 68.6 Å². The number of carbonyl (C=O) groups is 1. The number of ether oxygens (including phenoxy) is 1. The van der Waals surface area contributed by atoms with E-state index in [4.69, 9.17) is 44.6 Å². The fourth-order valence-corrected chi connectivity index (χ4v) is 6.44. The molecule has 0 unspecified atom stereocenters. The van der Waals surface area contributed by atoms with E-state index in [2.05, 4.69) is 0 Å². The quantitative estimate of drug-likeness (QED) is 0.313. The number of hydrogen-bond donors (Lipinski definition) is 1. The third-order valence-electron chi connectivity index (χ3n) is 5.66. The summed E-state index contributed by atoms with van der Waals surface area (Å²) in [4.78, 5) is 11.3. The maximum Gasteiger partial charge on any atom is 0.303 e. The van der Waals surface area contributed by atoms with Crippen LogP contribution in [0.1, 0.15) is 29.5 Å². The molecule has 0 aliphatic carbocycles. The number of fused-ring (bicyclic) bond motifs is 1. The Morgan fingerprint density at radius 2 is 1.81 bits per heavy atom. The Labute approximate surface area is 224 Å². The average molecular weight is 567 g/mol. The van der Waals surface area contributed by atoms with Crippen molar-refractivity contribution in [1.29, 1.82) is 0 Å². The van der Waals surface area contributed by atoms with E-state index in [0.29, 0.717) is 37.6 Å². The number of nitrogens with zero attached hydrogens (tertiary/aromatic N) is 1. The largest absolute Gasteiger partial charge is 0.486 e. The number of sulfonamides is 1. The van der Waals surface area contributed by atoms with Gasteiger partial charge in [-0.05, 0) is 60.9 Å². The number of aliphatic carboxylic acids is 1. The number of aryl methyl sites for hydroxylation is 1. The number of halogens is 3. The summed E-state index contributed by atoms with van der Waals surface area (Å²) in [5.41, 5.74) is 2.43. The van der Waals surface area contributed by atoms with Crippen molar-refractivity contribution in [3.8, 4) is 5.75 Å². The molecule has 0 amide bonds. The Hall–Kier alpha value is -2.71. The van der Waals surface area contributed by atoms with Crippen LogP contribution in [0.15, 0.2) is 59.5 Å². The van der Waals surface area contributed by atoms with Gasteiger partial charge in [0.25, 0.3) is 10.0 Å². The summed E-state index contributed by atoms with van der Waals surface area (Å²) < 4.78 is 34.6. The van der Waals surface area contributed by atoms with Crippen molar-refractivity contribution in [2.45, 2.75) is 30.8 Å². The van der Waals surface area contributed by atoms with Gasteiger partial charge in [0.05, 0.1) is 27.2 Å². The van der Waals surface area contributed by atoms with E-state index < -0.39 is 22.1 Å². The van der Waals surface area contributed by atoms with Crippen molar-refractivity contribution in [1.82, 2.24) is 0 Å². The first-order valence-electron chi connectivity index (χ1n) is 11.0. The molecular formula is C26H22Cl3NO5S. The van der Waals surface area contributed by atoms with Crippen LogP contribution in [0.5, 0.6) is 5.75 Å². The Morgan fingerprint density at radius 1 is 1.08 bits per heavy atom. The second kappa shape index (κ2) is 10.7. The molecule has 1 aliphatic heterocycles. The minimum absolute atomic E-state index is 0.0153. The molecule has 1 heterocycles. The molecule has 0 saturated carbocycles. The monoisotopic (exact) mass is 565 g/mol. The molecule has 0 spiro atoms. The first-order valence-corrected chi connectivity index (χ1v) is 13.6. The Balaban J connectivity index is 1.74. The number of carboxylic acid groups (broad SMARTS) is 1. The zero-order chi connectivity index (χ0) is 26.0. The second-order valence-corrected chi connectivity index (χ2v) is 11.5. The molecule has 188 valence electrons. The highest BCUT2D eigenvalue weighted by atomic mass is 35.5. The molecule has 1 N–H and O–H groups in total. The summed E-state index contributed by atoms with van der Waals surface area (Å²) in [5, 5.41) is 10.3. The zero-order valence-electron chi connectivity index (χ0n) is 19.1. The van der Waals surface area contributed by atoms with Crippen molar-refractivity contribution in [3.05, 3.63) is 86.4 Å². The van der Waals surface area contributed by atoms with Crippen molar-refractivity contribution in [3.63, 3.8) is 0 Å². The molecule has 0 radical (unpaired) electrons. The molecule has 6 nitrogen and oxygen atoms in total. The number of benzene rings is 3. The lowest BCUT2D eigenvalue weighted by molar-refractivity contribution is -0.137. The van der Waals surface area contributed by atoms with Gasteiger partial charge in [-0.15, -0.1) is 0 Å².